The number of phenolic OH excluding ortho intramolecular Hbond substituents is 1. The van der Waals surface area contributed by atoms with Gasteiger partial charge in [0.1, 0.15) is 11.4 Å². The molecule has 0 heterocycles. The van der Waals surface area contributed by atoms with E-state index in [1.54, 1.807) is 30.3 Å². The molecule has 0 unspecified atom stereocenters. The maximum absolute atomic E-state index is 12.9. The fourth-order valence-electron chi connectivity index (χ4n) is 3.66. The average molecular weight is 545 g/mol. The van der Waals surface area contributed by atoms with Crippen LogP contribution < -0.4 is 10.6 Å². The lowest BCUT2D eigenvalue weighted by atomic mass is 10.0. The van der Waals surface area contributed by atoms with Crippen molar-refractivity contribution in [1.82, 2.24) is 10.6 Å². The van der Waals surface area contributed by atoms with Crippen molar-refractivity contribution in [2.24, 2.45) is 0 Å². The predicted molar refractivity (Wildman–Crippen MR) is 140 cm³/mol. The van der Waals surface area contributed by atoms with Crippen LogP contribution in [0.2, 0.25) is 0 Å². The summed E-state index contributed by atoms with van der Waals surface area (Å²) in [7, 11) is 0. The lowest BCUT2D eigenvalue weighted by Gasteiger charge is -2.11. The number of carboxylic acid groups (broad SMARTS) is 1. The van der Waals surface area contributed by atoms with E-state index < -0.39 is 11.9 Å². The molecule has 4 N–H and O–H groups in total. The molecule has 4 aromatic carbocycles. The zero-order chi connectivity index (χ0) is 25.7. The third kappa shape index (κ3) is 5.79. The molecular formula is C28H21BrN2O5. The molecule has 0 aliphatic heterocycles. The summed E-state index contributed by atoms with van der Waals surface area (Å²) in [5, 5.41) is 26.2. The zero-order valence-corrected chi connectivity index (χ0v) is 20.5. The largest absolute Gasteiger partial charge is 0.508 e. The number of carbonyl (C=O) groups is 3. The Morgan fingerprint density at radius 1 is 0.861 bits per heavy atom. The van der Waals surface area contributed by atoms with Crippen molar-refractivity contribution < 1.29 is 24.6 Å². The third-order valence-corrected chi connectivity index (χ3v) is 6.10. The van der Waals surface area contributed by atoms with Crippen LogP contribution in [0.5, 0.6) is 5.75 Å². The minimum Gasteiger partial charge on any atom is -0.508 e. The van der Waals surface area contributed by atoms with E-state index in [0.717, 1.165) is 16.3 Å². The molecule has 0 aromatic heterocycles. The van der Waals surface area contributed by atoms with Crippen molar-refractivity contribution in [2.45, 2.75) is 6.54 Å². The highest BCUT2D eigenvalue weighted by atomic mass is 79.9. The molecule has 8 heteroatoms. The van der Waals surface area contributed by atoms with Crippen molar-refractivity contribution in [3.63, 3.8) is 0 Å². The highest BCUT2D eigenvalue weighted by Crippen LogP contribution is 2.22. The number of hydrogen-bond donors (Lipinski definition) is 4. The standard InChI is InChI=1S/C28H21BrN2O5/c29-24-14-20(26(33)30-16-17-5-3-9-21(32)13-17)11-12-23(24)27(34)31-25(28(35)36)15-19-8-4-7-18-6-1-2-10-22(18)19/h1-15,32H,16H2,(H,30,33)(H,31,34)(H,35,36). The molecule has 0 aliphatic carbocycles. The molecule has 0 radical (unpaired) electrons. The Morgan fingerprint density at radius 2 is 1.61 bits per heavy atom. The van der Waals surface area contributed by atoms with Gasteiger partial charge in [0.2, 0.25) is 0 Å². The molecule has 7 nitrogen and oxygen atoms in total. The van der Waals surface area contributed by atoms with Gasteiger partial charge in [-0.05, 0) is 74.2 Å². The van der Waals surface area contributed by atoms with E-state index in [9.17, 15) is 24.6 Å². The van der Waals surface area contributed by atoms with Crippen LogP contribution in [-0.4, -0.2) is 28.0 Å². The molecule has 0 atom stereocenters. The highest BCUT2D eigenvalue weighted by molar-refractivity contribution is 9.10. The Morgan fingerprint density at radius 3 is 2.36 bits per heavy atom. The van der Waals surface area contributed by atoms with Crippen LogP contribution in [0.4, 0.5) is 0 Å². The van der Waals surface area contributed by atoms with Crippen LogP contribution in [0.3, 0.4) is 0 Å². The van der Waals surface area contributed by atoms with Crippen LogP contribution in [0.1, 0.15) is 31.8 Å². The molecule has 0 bridgehead atoms. The smallest absolute Gasteiger partial charge is 0.352 e. The van der Waals surface area contributed by atoms with Gasteiger partial charge in [0.25, 0.3) is 11.8 Å². The van der Waals surface area contributed by atoms with E-state index in [4.69, 9.17) is 0 Å². The van der Waals surface area contributed by atoms with E-state index in [2.05, 4.69) is 26.6 Å². The fourth-order valence-corrected chi connectivity index (χ4v) is 4.22. The van der Waals surface area contributed by atoms with Gasteiger partial charge in [-0.25, -0.2) is 4.79 Å². The first-order valence-corrected chi connectivity index (χ1v) is 11.7. The van der Waals surface area contributed by atoms with E-state index in [1.165, 1.54) is 24.3 Å². The summed E-state index contributed by atoms with van der Waals surface area (Å²) >= 11 is 3.31. The molecule has 180 valence electrons. The first-order chi connectivity index (χ1) is 17.3. The van der Waals surface area contributed by atoms with Crippen LogP contribution in [0, 0.1) is 0 Å². The lowest BCUT2D eigenvalue weighted by molar-refractivity contribution is -0.132. The van der Waals surface area contributed by atoms with E-state index in [0.29, 0.717) is 15.6 Å². The Kier molecular flexibility index (Phi) is 7.46. The summed E-state index contributed by atoms with van der Waals surface area (Å²) < 4.78 is 0.333. The molecular weight excluding hydrogens is 524 g/mol. The maximum atomic E-state index is 12.9. The van der Waals surface area contributed by atoms with E-state index in [-0.39, 0.29) is 29.5 Å². The number of amides is 2. The van der Waals surface area contributed by atoms with E-state index in [1.807, 2.05) is 36.4 Å². The van der Waals surface area contributed by atoms with Gasteiger partial charge < -0.3 is 20.8 Å². The van der Waals surface area contributed by atoms with Gasteiger partial charge in [-0.2, -0.15) is 0 Å². The second-order valence-corrected chi connectivity index (χ2v) is 8.79. The van der Waals surface area contributed by atoms with Crippen molar-refractivity contribution in [3.05, 3.63) is 117 Å². The maximum Gasteiger partial charge on any atom is 0.352 e. The molecule has 4 aromatic rings. The molecule has 4 rings (SSSR count). The summed E-state index contributed by atoms with van der Waals surface area (Å²) in [6.45, 7) is 0.216. The molecule has 36 heavy (non-hydrogen) atoms. The van der Waals surface area contributed by atoms with Crippen LogP contribution >= 0.6 is 15.9 Å². The summed E-state index contributed by atoms with van der Waals surface area (Å²) in [6, 6.07) is 24.0. The van der Waals surface area contributed by atoms with Crippen LogP contribution in [-0.2, 0) is 11.3 Å². The number of rotatable bonds is 7. The van der Waals surface area contributed by atoms with Gasteiger partial charge in [-0.1, -0.05) is 54.6 Å². The van der Waals surface area contributed by atoms with Gasteiger partial charge in [0, 0.05) is 16.6 Å². The van der Waals surface area contributed by atoms with Crippen molar-refractivity contribution in [1.29, 1.82) is 0 Å². The summed E-state index contributed by atoms with van der Waals surface area (Å²) in [4.78, 5) is 37.3. The number of nitrogens with one attached hydrogen (secondary N) is 2. The quantitative estimate of drug-likeness (QED) is 0.242. The van der Waals surface area contributed by atoms with Gasteiger partial charge in [-0.3, -0.25) is 9.59 Å². The number of fused-ring (bicyclic) bond motifs is 1. The first-order valence-electron chi connectivity index (χ1n) is 10.9. The number of carbonyl (C=O) groups excluding carboxylic acids is 2. The number of benzene rings is 4. The minimum atomic E-state index is -1.28. The molecule has 0 saturated carbocycles. The predicted octanol–water partition coefficient (Wildman–Crippen LogP) is 5.09. The normalized spacial score (nSPS) is 11.2. The van der Waals surface area contributed by atoms with Crippen LogP contribution in [0.25, 0.3) is 16.8 Å². The molecule has 0 aliphatic rings. The number of carboxylic acids is 1. The SMILES string of the molecule is O=C(O)C(=Cc1cccc2ccccc12)NC(=O)c1ccc(C(=O)NCc2cccc(O)c2)cc1Br. The van der Waals surface area contributed by atoms with Gasteiger partial charge >= 0.3 is 5.97 Å². The van der Waals surface area contributed by atoms with Crippen molar-refractivity contribution in [2.75, 3.05) is 0 Å². The molecule has 0 spiro atoms. The number of aromatic hydroxyl groups is 1. The second-order valence-electron chi connectivity index (χ2n) is 7.93. The molecule has 0 saturated heterocycles. The zero-order valence-electron chi connectivity index (χ0n) is 18.9. The fraction of sp³-hybridized carbons (Fsp3) is 0.0357. The Bertz CT molecular complexity index is 1510. The first kappa shape index (κ1) is 24.7. The summed E-state index contributed by atoms with van der Waals surface area (Å²) in [5.74, 6) is -2.18. The average Bonchev–Trinajstić information content (AvgIpc) is 2.87. The second kappa shape index (κ2) is 10.9. The topological polar surface area (TPSA) is 116 Å². The van der Waals surface area contributed by atoms with Gasteiger partial charge in [0.15, 0.2) is 0 Å². The van der Waals surface area contributed by atoms with Gasteiger partial charge in [-0.15, -0.1) is 0 Å². The number of aliphatic carboxylic acids is 1. The number of halogens is 1. The minimum absolute atomic E-state index is 0.107. The molecule has 2 amide bonds. The summed E-state index contributed by atoms with van der Waals surface area (Å²) in [6.07, 6.45) is 1.42. The van der Waals surface area contributed by atoms with Crippen molar-refractivity contribution >= 4 is 50.6 Å². The number of phenols is 1. The summed E-state index contributed by atoms with van der Waals surface area (Å²) in [5.41, 5.74) is 1.59. The highest BCUT2D eigenvalue weighted by Gasteiger charge is 2.18. The Balaban J connectivity index is 1.50. The van der Waals surface area contributed by atoms with Gasteiger partial charge in [0.05, 0.1) is 5.56 Å². The molecule has 0 fully saturated rings. The third-order valence-electron chi connectivity index (χ3n) is 5.44. The monoisotopic (exact) mass is 544 g/mol. The van der Waals surface area contributed by atoms with Crippen molar-refractivity contribution in [3.8, 4) is 5.75 Å². The lowest BCUT2D eigenvalue weighted by Crippen LogP contribution is -2.28. The van der Waals surface area contributed by atoms with Crippen LogP contribution in [0.15, 0.2) is 95.1 Å². The Hall–Kier alpha value is -4.43. The number of hydrogen-bond acceptors (Lipinski definition) is 4. The Labute approximate surface area is 215 Å². The van der Waals surface area contributed by atoms with E-state index >= 15 is 0 Å².